The zero-order chi connectivity index (χ0) is 14.0. The average Bonchev–Trinajstić information content (AvgIpc) is 2.71. The first-order chi connectivity index (χ1) is 8.99. The molecule has 6 nitrogen and oxygen atoms in total. The Morgan fingerprint density at radius 1 is 1.37 bits per heavy atom. The molecule has 0 aliphatic heterocycles. The van der Waals surface area contributed by atoms with Crippen molar-refractivity contribution in [3.63, 3.8) is 0 Å². The SMILES string of the molecule is Cc1[nH]nc(NC(=O)c2ccnc(N(C)C)c2)c1C. The molecule has 0 saturated carbocycles. The Kier molecular flexibility index (Phi) is 3.50. The zero-order valence-corrected chi connectivity index (χ0v) is 11.5. The van der Waals surface area contributed by atoms with Crippen LogP contribution in [-0.4, -0.2) is 35.2 Å². The highest BCUT2D eigenvalue weighted by Crippen LogP contribution is 2.16. The van der Waals surface area contributed by atoms with Gasteiger partial charge in [0.05, 0.1) is 0 Å². The molecule has 6 heteroatoms. The monoisotopic (exact) mass is 259 g/mol. The van der Waals surface area contributed by atoms with E-state index in [4.69, 9.17) is 0 Å². The summed E-state index contributed by atoms with van der Waals surface area (Å²) < 4.78 is 0. The topological polar surface area (TPSA) is 73.9 Å². The molecule has 0 unspecified atom stereocenters. The highest BCUT2D eigenvalue weighted by Gasteiger charge is 2.12. The van der Waals surface area contributed by atoms with E-state index in [1.54, 1.807) is 18.3 Å². The fourth-order valence-electron chi connectivity index (χ4n) is 1.59. The van der Waals surface area contributed by atoms with Crippen LogP contribution in [0.2, 0.25) is 0 Å². The van der Waals surface area contributed by atoms with Crippen molar-refractivity contribution in [1.82, 2.24) is 15.2 Å². The van der Waals surface area contributed by atoms with Gasteiger partial charge in [0.2, 0.25) is 0 Å². The van der Waals surface area contributed by atoms with Crippen molar-refractivity contribution in [1.29, 1.82) is 0 Å². The Balaban J connectivity index is 2.20. The third-order valence-corrected chi connectivity index (χ3v) is 2.95. The van der Waals surface area contributed by atoms with E-state index in [0.717, 1.165) is 17.1 Å². The van der Waals surface area contributed by atoms with Crippen LogP contribution in [0.1, 0.15) is 21.6 Å². The summed E-state index contributed by atoms with van der Waals surface area (Å²) in [6, 6.07) is 3.42. The molecule has 2 rings (SSSR count). The molecule has 100 valence electrons. The number of hydrogen-bond acceptors (Lipinski definition) is 4. The minimum Gasteiger partial charge on any atom is -0.363 e. The van der Waals surface area contributed by atoms with Gasteiger partial charge >= 0.3 is 0 Å². The molecule has 2 heterocycles. The zero-order valence-electron chi connectivity index (χ0n) is 11.5. The maximum absolute atomic E-state index is 12.1. The number of aromatic nitrogens is 3. The minimum atomic E-state index is -0.194. The number of aryl methyl sites for hydroxylation is 1. The first kappa shape index (κ1) is 13.1. The Bertz CT molecular complexity index is 603. The van der Waals surface area contributed by atoms with Crippen LogP contribution in [0.3, 0.4) is 0 Å². The Morgan fingerprint density at radius 2 is 2.11 bits per heavy atom. The lowest BCUT2D eigenvalue weighted by Gasteiger charge is -2.11. The molecule has 19 heavy (non-hydrogen) atoms. The van der Waals surface area contributed by atoms with Gasteiger partial charge in [0.1, 0.15) is 5.82 Å². The molecule has 0 atom stereocenters. The maximum atomic E-state index is 12.1. The van der Waals surface area contributed by atoms with Crippen LogP contribution in [0.4, 0.5) is 11.6 Å². The van der Waals surface area contributed by atoms with Gasteiger partial charge in [-0.25, -0.2) is 4.98 Å². The van der Waals surface area contributed by atoms with Gasteiger partial charge in [0.25, 0.3) is 5.91 Å². The lowest BCUT2D eigenvalue weighted by molar-refractivity contribution is 0.102. The number of carbonyl (C=O) groups excluding carboxylic acids is 1. The number of aromatic amines is 1. The molecule has 2 aromatic rings. The summed E-state index contributed by atoms with van der Waals surface area (Å²) in [5.74, 6) is 1.10. The van der Waals surface area contributed by atoms with Gasteiger partial charge in [-0.1, -0.05) is 0 Å². The van der Waals surface area contributed by atoms with Crippen LogP contribution in [0.25, 0.3) is 0 Å². The molecule has 1 amide bonds. The number of nitrogens with zero attached hydrogens (tertiary/aromatic N) is 3. The number of amides is 1. The van der Waals surface area contributed by atoms with Gasteiger partial charge in [0, 0.05) is 37.1 Å². The lowest BCUT2D eigenvalue weighted by atomic mass is 10.2. The molecule has 0 aliphatic carbocycles. The average molecular weight is 259 g/mol. The van der Waals surface area contributed by atoms with Crippen LogP contribution in [0.15, 0.2) is 18.3 Å². The second-order valence-electron chi connectivity index (χ2n) is 4.57. The van der Waals surface area contributed by atoms with Gasteiger partial charge in [-0.15, -0.1) is 0 Å². The van der Waals surface area contributed by atoms with Crippen LogP contribution >= 0.6 is 0 Å². The second-order valence-corrected chi connectivity index (χ2v) is 4.57. The van der Waals surface area contributed by atoms with Crippen LogP contribution < -0.4 is 10.2 Å². The van der Waals surface area contributed by atoms with Crippen molar-refractivity contribution in [2.24, 2.45) is 0 Å². The van der Waals surface area contributed by atoms with E-state index < -0.39 is 0 Å². The lowest BCUT2D eigenvalue weighted by Crippen LogP contribution is -2.15. The van der Waals surface area contributed by atoms with E-state index in [1.807, 2.05) is 32.8 Å². The Labute approximate surface area is 111 Å². The first-order valence-electron chi connectivity index (χ1n) is 5.95. The molecule has 0 aromatic carbocycles. The summed E-state index contributed by atoms with van der Waals surface area (Å²) in [4.78, 5) is 18.2. The highest BCUT2D eigenvalue weighted by molar-refractivity contribution is 6.04. The smallest absolute Gasteiger partial charge is 0.257 e. The summed E-state index contributed by atoms with van der Waals surface area (Å²) in [5.41, 5.74) is 2.44. The summed E-state index contributed by atoms with van der Waals surface area (Å²) >= 11 is 0. The fraction of sp³-hybridized carbons (Fsp3) is 0.308. The van der Waals surface area contributed by atoms with Crippen LogP contribution in [0, 0.1) is 13.8 Å². The van der Waals surface area contributed by atoms with E-state index in [2.05, 4.69) is 20.5 Å². The Morgan fingerprint density at radius 3 is 2.68 bits per heavy atom. The molecule has 0 fully saturated rings. The van der Waals surface area contributed by atoms with E-state index in [0.29, 0.717) is 11.4 Å². The second kappa shape index (κ2) is 5.09. The minimum absolute atomic E-state index is 0.194. The normalized spacial score (nSPS) is 10.3. The summed E-state index contributed by atoms with van der Waals surface area (Å²) in [5, 5.41) is 9.68. The van der Waals surface area contributed by atoms with Crippen molar-refractivity contribution in [2.45, 2.75) is 13.8 Å². The van der Waals surface area contributed by atoms with Gasteiger partial charge < -0.3 is 10.2 Å². The number of anilines is 2. The third kappa shape index (κ3) is 2.73. The number of pyridine rings is 1. The molecule has 0 radical (unpaired) electrons. The van der Waals surface area contributed by atoms with Crippen LogP contribution in [0.5, 0.6) is 0 Å². The molecule has 0 saturated heterocycles. The van der Waals surface area contributed by atoms with Crippen molar-refractivity contribution in [3.8, 4) is 0 Å². The van der Waals surface area contributed by atoms with Gasteiger partial charge in [0.15, 0.2) is 5.82 Å². The van der Waals surface area contributed by atoms with Crippen molar-refractivity contribution in [3.05, 3.63) is 35.2 Å². The molecule has 0 bridgehead atoms. The van der Waals surface area contributed by atoms with E-state index in [9.17, 15) is 4.79 Å². The molecule has 2 N–H and O–H groups in total. The molecule has 2 aromatic heterocycles. The van der Waals surface area contributed by atoms with E-state index >= 15 is 0 Å². The van der Waals surface area contributed by atoms with Gasteiger partial charge in [-0.2, -0.15) is 5.10 Å². The standard InChI is InChI=1S/C13H17N5O/c1-8-9(2)16-17-12(8)15-13(19)10-5-6-14-11(7-10)18(3)4/h5-7H,1-4H3,(H2,15,16,17,19). The number of hydrogen-bond donors (Lipinski definition) is 2. The third-order valence-electron chi connectivity index (χ3n) is 2.95. The summed E-state index contributed by atoms with van der Waals surface area (Å²) in [6.45, 7) is 3.82. The van der Waals surface area contributed by atoms with E-state index in [1.165, 1.54) is 0 Å². The molecule has 0 spiro atoms. The van der Waals surface area contributed by atoms with Crippen molar-refractivity contribution < 1.29 is 4.79 Å². The molecular formula is C13H17N5O. The maximum Gasteiger partial charge on any atom is 0.257 e. The van der Waals surface area contributed by atoms with Gasteiger partial charge in [-0.05, 0) is 26.0 Å². The van der Waals surface area contributed by atoms with E-state index in [-0.39, 0.29) is 5.91 Å². The number of carbonyl (C=O) groups is 1. The van der Waals surface area contributed by atoms with Crippen molar-refractivity contribution >= 4 is 17.5 Å². The Hall–Kier alpha value is -2.37. The molecule has 0 aliphatic rings. The predicted molar refractivity (Wildman–Crippen MR) is 74.6 cm³/mol. The quantitative estimate of drug-likeness (QED) is 0.880. The fourth-order valence-corrected chi connectivity index (χ4v) is 1.59. The van der Waals surface area contributed by atoms with Crippen LogP contribution in [-0.2, 0) is 0 Å². The highest BCUT2D eigenvalue weighted by atomic mass is 16.1. The number of nitrogens with one attached hydrogen (secondary N) is 2. The predicted octanol–water partition coefficient (Wildman–Crippen LogP) is 1.74. The van der Waals surface area contributed by atoms with Gasteiger partial charge in [-0.3, -0.25) is 9.89 Å². The number of rotatable bonds is 3. The molecular weight excluding hydrogens is 242 g/mol. The number of H-pyrrole nitrogens is 1. The summed E-state index contributed by atoms with van der Waals surface area (Å²) in [7, 11) is 3.76. The summed E-state index contributed by atoms with van der Waals surface area (Å²) in [6.07, 6.45) is 1.62. The largest absolute Gasteiger partial charge is 0.363 e. The van der Waals surface area contributed by atoms with Crippen molar-refractivity contribution in [2.75, 3.05) is 24.3 Å². The first-order valence-corrected chi connectivity index (χ1v) is 5.95.